The largest absolute Gasteiger partial charge is 0.471 e. The van der Waals surface area contributed by atoms with Gasteiger partial charge in [0.1, 0.15) is 0 Å². The fourth-order valence-electron chi connectivity index (χ4n) is 2.48. The van der Waals surface area contributed by atoms with Crippen LogP contribution in [0.5, 0.6) is 0 Å². The van der Waals surface area contributed by atoms with Gasteiger partial charge in [-0.05, 0) is 31.6 Å². The number of halogens is 3. The van der Waals surface area contributed by atoms with Crippen molar-refractivity contribution < 1.29 is 18.0 Å². The summed E-state index contributed by atoms with van der Waals surface area (Å²) in [6.07, 6.45) is -1.25. The standard InChI is InChI=1S/C9H12F3NO/c10-9(11,12)8(14)13-5-6-1-3-7(13)4-2-6/h6-7H,1-5H2. The van der Waals surface area contributed by atoms with E-state index in [1.54, 1.807) is 0 Å². The first-order valence-electron chi connectivity index (χ1n) is 4.86. The Hall–Kier alpha value is -0.740. The summed E-state index contributed by atoms with van der Waals surface area (Å²) in [5.41, 5.74) is 0. The van der Waals surface area contributed by atoms with Crippen LogP contribution in [0.2, 0.25) is 0 Å². The lowest BCUT2D eigenvalue weighted by atomic mass is 9.80. The van der Waals surface area contributed by atoms with E-state index in [9.17, 15) is 18.0 Å². The van der Waals surface area contributed by atoms with Gasteiger partial charge < -0.3 is 4.90 Å². The fraction of sp³-hybridized carbons (Fsp3) is 0.889. The van der Waals surface area contributed by atoms with E-state index in [1.165, 1.54) is 0 Å². The number of carbonyl (C=O) groups is 1. The molecule has 1 amide bonds. The highest BCUT2D eigenvalue weighted by atomic mass is 19.4. The van der Waals surface area contributed by atoms with Crippen molar-refractivity contribution in [2.75, 3.05) is 6.54 Å². The molecule has 0 radical (unpaired) electrons. The van der Waals surface area contributed by atoms with Crippen LogP contribution in [0.15, 0.2) is 0 Å². The van der Waals surface area contributed by atoms with Crippen molar-refractivity contribution in [2.24, 2.45) is 5.92 Å². The molecule has 3 aliphatic rings. The Bertz CT molecular complexity index is 243. The zero-order valence-corrected chi connectivity index (χ0v) is 7.68. The molecule has 5 heteroatoms. The van der Waals surface area contributed by atoms with Gasteiger partial charge in [-0.2, -0.15) is 13.2 Å². The van der Waals surface area contributed by atoms with Crippen LogP contribution in [0.25, 0.3) is 0 Å². The lowest BCUT2D eigenvalue weighted by molar-refractivity contribution is -0.192. The van der Waals surface area contributed by atoms with E-state index < -0.39 is 12.1 Å². The maximum Gasteiger partial charge on any atom is 0.471 e. The van der Waals surface area contributed by atoms with Crippen LogP contribution in [-0.2, 0) is 4.79 Å². The highest BCUT2D eigenvalue weighted by Gasteiger charge is 2.47. The average Bonchev–Trinajstić information content (AvgIpc) is 2.17. The van der Waals surface area contributed by atoms with Gasteiger partial charge in [0, 0.05) is 12.6 Å². The zero-order valence-electron chi connectivity index (χ0n) is 7.68. The molecule has 3 fully saturated rings. The minimum atomic E-state index is -4.70. The van der Waals surface area contributed by atoms with Gasteiger partial charge in [0.15, 0.2) is 0 Å². The third kappa shape index (κ3) is 1.60. The number of piperidine rings is 2. The lowest BCUT2D eigenvalue weighted by Gasteiger charge is -2.45. The summed E-state index contributed by atoms with van der Waals surface area (Å²) in [5, 5.41) is 0. The third-order valence-corrected chi connectivity index (χ3v) is 3.22. The maximum absolute atomic E-state index is 12.2. The van der Waals surface area contributed by atoms with Crippen molar-refractivity contribution in [1.82, 2.24) is 4.90 Å². The molecule has 2 heterocycles. The van der Waals surface area contributed by atoms with Crippen LogP contribution in [0, 0.1) is 5.92 Å². The normalized spacial score (nSPS) is 32.1. The van der Waals surface area contributed by atoms with E-state index >= 15 is 0 Å². The Balaban J connectivity index is 2.09. The first-order chi connectivity index (χ1) is 6.48. The molecule has 14 heavy (non-hydrogen) atoms. The molecule has 2 bridgehead atoms. The number of amides is 1. The van der Waals surface area contributed by atoms with Crippen LogP contribution in [-0.4, -0.2) is 29.6 Å². The molecule has 0 atom stereocenters. The molecule has 1 saturated carbocycles. The van der Waals surface area contributed by atoms with E-state index in [1.807, 2.05) is 0 Å². The molecule has 0 N–H and O–H groups in total. The molecular weight excluding hydrogens is 195 g/mol. The highest BCUT2D eigenvalue weighted by molar-refractivity contribution is 5.82. The number of carbonyl (C=O) groups excluding carboxylic acids is 1. The van der Waals surface area contributed by atoms with Crippen LogP contribution >= 0.6 is 0 Å². The number of fused-ring (bicyclic) bond motifs is 3. The van der Waals surface area contributed by atoms with Gasteiger partial charge in [-0.3, -0.25) is 4.79 Å². The van der Waals surface area contributed by atoms with E-state index in [0.29, 0.717) is 12.5 Å². The monoisotopic (exact) mass is 207 g/mol. The molecule has 80 valence electrons. The molecule has 0 unspecified atom stereocenters. The van der Waals surface area contributed by atoms with Crippen LogP contribution in [0.4, 0.5) is 13.2 Å². The predicted octanol–water partition coefficient (Wildman–Crippen LogP) is 1.95. The summed E-state index contributed by atoms with van der Waals surface area (Å²) in [5.74, 6) is -1.35. The molecule has 0 spiro atoms. The predicted molar refractivity (Wildman–Crippen MR) is 43.5 cm³/mol. The summed E-state index contributed by atoms with van der Waals surface area (Å²) < 4.78 is 36.5. The Morgan fingerprint density at radius 2 is 1.71 bits per heavy atom. The topological polar surface area (TPSA) is 20.3 Å². The van der Waals surface area contributed by atoms with Crippen LogP contribution < -0.4 is 0 Å². The quantitative estimate of drug-likeness (QED) is 0.594. The van der Waals surface area contributed by atoms with Crippen molar-refractivity contribution in [1.29, 1.82) is 0 Å². The molecule has 0 aromatic heterocycles. The number of hydrogen-bond acceptors (Lipinski definition) is 1. The maximum atomic E-state index is 12.2. The summed E-state index contributed by atoms with van der Waals surface area (Å²) in [4.78, 5) is 12.0. The first kappa shape index (κ1) is 9.80. The van der Waals surface area contributed by atoms with Crippen molar-refractivity contribution in [3.05, 3.63) is 0 Å². The first-order valence-corrected chi connectivity index (χ1v) is 4.86. The summed E-state index contributed by atoms with van der Waals surface area (Å²) in [6, 6.07) is -0.158. The SMILES string of the molecule is O=C(N1CC2CCC1CC2)C(F)(F)F. The number of alkyl halides is 3. The molecule has 0 aromatic rings. The Morgan fingerprint density at radius 1 is 1.14 bits per heavy atom. The van der Waals surface area contributed by atoms with E-state index in [0.717, 1.165) is 30.6 Å². The van der Waals surface area contributed by atoms with Gasteiger partial charge >= 0.3 is 12.1 Å². The number of hydrogen-bond donors (Lipinski definition) is 0. The number of rotatable bonds is 0. The highest BCUT2D eigenvalue weighted by Crippen LogP contribution is 2.36. The minimum Gasteiger partial charge on any atom is -0.332 e. The molecule has 2 saturated heterocycles. The van der Waals surface area contributed by atoms with Gasteiger partial charge in [-0.1, -0.05) is 0 Å². The molecule has 1 aliphatic carbocycles. The molecule has 0 aromatic carbocycles. The van der Waals surface area contributed by atoms with E-state index in [-0.39, 0.29) is 6.04 Å². The van der Waals surface area contributed by atoms with Crippen molar-refractivity contribution in [2.45, 2.75) is 37.9 Å². The van der Waals surface area contributed by atoms with E-state index in [4.69, 9.17) is 0 Å². The van der Waals surface area contributed by atoms with Gasteiger partial charge in [0.25, 0.3) is 0 Å². The second-order valence-corrected chi connectivity index (χ2v) is 4.13. The molecular formula is C9H12F3NO. The van der Waals surface area contributed by atoms with Crippen molar-refractivity contribution in [3.8, 4) is 0 Å². The second-order valence-electron chi connectivity index (χ2n) is 4.13. The zero-order chi connectivity index (χ0) is 10.3. The third-order valence-electron chi connectivity index (χ3n) is 3.22. The van der Waals surface area contributed by atoms with Crippen molar-refractivity contribution in [3.63, 3.8) is 0 Å². The number of nitrogens with zero attached hydrogens (tertiary/aromatic N) is 1. The van der Waals surface area contributed by atoms with Crippen LogP contribution in [0.3, 0.4) is 0 Å². The van der Waals surface area contributed by atoms with Gasteiger partial charge in [0.2, 0.25) is 0 Å². The Kier molecular flexibility index (Phi) is 2.20. The van der Waals surface area contributed by atoms with E-state index in [2.05, 4.69) is 0 Å². The van der Waals surface area contributed by atoms with Gasteiger partial charge in [-0.15, -0.1) is 0 Å². The summed E-state index contributed by atoms with van der Waals surface area (Å²) >= 11 is 0. The Morgan fingerprint density at radius 3 is 2.07 bits per heavy atom. The Labute approximate surface area is 80.1 Å². The lowest BCUT2D eigenvalue weighted by Crippen LogP contribution is -2.54. The smallest absolute Gasteiger partial charge is 0.332 e. The molecule has 2 aliphatic heterocycles. The summed E-state index contributed by atoms with van der Waals surface area (Å²) in [6.45, 7) is 0.309. The van der Waals surface area contributed by atoms with Crippen molar-refractivity contribution >= 4 is 5.91 Å². The summed E-state index contributed by atoms with van der Waals surface area (Å²) in [7, 11) is 0. The molecule has 2 nitrogen and oxygen atoms in total. The minimum absolute atomic E-state index is 0.158. The van der Waals surface area contributed by atoms with Gasteiger partial charge in [0.05, 0.1) is 0 Å². The molecule has 3 rings (SSSR count). The van der Waals surface area contributed by atoms with Gasteiger partial charge in [-0.25, -0.2) is 0 Å². The second kappa shape index (κ2) is 3.14. The van der Waals surface area contributed by atoms with Crippen LogP contribution in [0.1, 0.15) is 25.7 Å². The average molecular weight is 207 g/mol. The fourth-order valence-corrected chi connectivity index (χ4v) is 2.48.